The molecule has 0 unspecified atom stereocenters. The summed E-state index contributed by atoms with van der Waals surface area (Å²) in [5.41, 5.74) is 2.07. The number of rotatable bonds is 9. The minimum Gasteiger partial charge on any atom is -0.493 e. The number of hydrogen-bond donors (Lipinski definition) is 1. The number of furan rings is 1. The van der Waals surface area contributed by atoms with Crippen molar-refractivity contribution in [3.8, 4) is 23.1 Å². The average Bonchev–Trinajstić information content (AvgIpc) is 3.37. The van der Waals surface area contributed by atoms with E-state index in [9.17, 15) is 14.7 Å². The molecular formula is C30H25N3O6. The molecule has 9 heteroatoms. The Hall–Kier alpha value is -5.18. The van der Waals surface area contributed by atoms with E-state index >= 15 is 0 Å². The molecule has 2 aromatic heterocycles. The number of carboxylic acids is 1. The van der Waals surface area contributed by atoms with E-state index < -0.39 is 12.1 Å². The average molecular weight is 524 g/mol. The summed E-state index contributed by atoms with van der Waals surface area (Å²) in [5, 5.41) is 15.1. The van der Waals surface area contributed by atoms with Crippen LogP contribution >= 0.6 is 0 Å². The fraction of sp³-hybridized carbons (Fsp3) is 0.133. The SMILES string of the molecule is C=CCc1cc(C=Nn2c(-c3cc4ccccc4o3)nc3ccccc3c2=O)cc(OC)c1O[C@H](C)C(=O)O. The van der Waals surface area contributed by atoms with Crippen LogP contribution in [0, 0.1) is 0 Å². The number of benzene rings is 3. The highest BCUT2D eigenvalue weighted by Gasteiger charge is 2.20. The van der Waals surface area contributed by atoms with Gasteiger partial charge < -0.3 is 19.0 Å². The van der Waals surface area contributed by atoms with Crippen molar-refractivity contribution in [1.82, 2.24) is 9.66 Å². The van der Waals surface area contributed by atoms with Gasteiger partial charge in [-0.2, -0.15) is 9.78 Å². The third-order valence-electron chi connectivity index (χ3n) is 6.10. The largest absolute Gasteiger partial charge is 0.493 e. The molecule has 39 heavy (non-hydrogen) atoms. The third-order valence-corrected chi connectivity index (χ3v) is 6.10. The standard InChI is InChI=1S/C30H25N3O6/c1-4-9-21-14-19(15-25(37-3)27(21)38-18(2)30(35)36)17-31-33-28(26-16-20-10-5-8-13-24(20)39-26)32-23-12-7-6-11-22(23)29(33)34/h4-8,10-18H,1,9H2,2-3H3,(H,35,36)/t18-/m1/s1. The first kappa shape index (κ1) is 25.5. The van der Waals surface area contributed by atoms with Crippen molar-refractivity contribution in [1.29, 1.82) is 0 Å². The molecule has 2 heterocycles. The Kier molecular flexibility index (Phi) is 6.96. The van der Waals surface area contributed by atoms with Crippen LogP contribution in [0.3, 0.4) is 0 Å². The lowest BCUT2D eigenvalue weighted by atomic mass is 10.1. The molecule has 9 nitrogen and oxygen atoms in total. The van der Waals surface area contributed by atoms with E-state index in [0.717, 1.165) is 5.39 Å². The summed E-state index contributed by atoms with van der Waals surface area (Å²) >= 11 is 0. The summed E-state index contributed by atoms with van der Waals surface area (Å²) < 4.78 is 18.4. The number of ether oxygens (including phenoxy) is 2. The van der Waals surface area contributed by atoms with Crippen molar-refractivity contribution in [3.63, 3.8) is 0 Å². The fourth-order valence-electron chi connectivity index (χ4n) is 4.18. The van der Waals surface area contributed by atoms with Gasteiger partial charge >= 0.3 is 5.97 Å². The van der Waals surface area contributed by atoms with Gasteiger partial charge in [-0.15, -0.1) is 6.58 Å². The maximum absolute atomic E-state index is 13.5. The molecule has 5 rings (SSSR count). The molecule has 0 saturated carbocycles. The second-order valence-electron chi connectivity index (χ2n) is 8.77. The van der Waals surface area contributed by atoms with E-state index in [2.05, 4.69) is 11.7 Å². The Labute approximate surface area is 223 Å². The highest BCUT2D eigenvalue weighted by molar-refractivity contribution is 5.85. The van der Waals surface area contributed by atoms with Crippen molar-refractivity contribution < 1.29 is 23.8 Å². The van der Waals surface area contributed by atoms with Crippen LogP contribution in [0.25, 0.3) is 33.5 Å². The van der Waals surface area contributed by atoms with E-state index in [4.69, 9.17) is 18.9 Å². The number of aromatic nitrogens is 2. The maximum Gasteiger partial charge on any atom is 0.344 e. The predicted molar refractivity (Wildman–Crippen MR) is 149 cm³/mol. The molecule has 1 atom stereocenters. The topological polar surface area (TPSA) is 116 Å². The van der Waals surface area contributed by atoms with Crippen LogP contribution in [0.5, 0.6) is 11.5 Å². The van der Waals surface area contributed by atoms with Crippen molar-refractivity contribution in [2.45, 2.75) is 19.4 Å². The minimum atomic E-state index is -1.10. The smallest absolute Gasteiger partial charge is 0.344 e. The highest BCUT2D eigenvalue weighted by Crippen LogP contribution is 2.34. The molecule has 3 aromatic carbocycles. The fourth-order valence-corrected chi connectivity index (χ4v) is 4.18. The number of aliphatic carboxylic acids is 1. The number of hydrogen-bond acceptors (Lipinski definition) is 7. The number of methoxy groups -OCH3 is 1. The molecule has 0 fully saturated rings. The Morgan fingerprint density at radius 2 is 1.95 bits per heavy atom. The Morgan fingerprint density at radius 3 is 2.69 bits per heavy atom. The summed E-state index contributed by atoms with van der Waals surface area (Å²) in [4.78, 5) is 29.6. The van der Waals surface area contributed by atoms with Gasteiger partial charge in [0.15, 0.2) is 23.4 Å². The van der Waals surface area contributed by atoms with E-state index in [0.29, 0.717) is 51.3 Å². The Bertz CT molecular complexity index is 1770. The zero-order valence-electron chi connectivity index (χ0n) is 21.3. The third kappa shape index (κ3) is 5.02. The van der Waals surface area contributed by atoms with Gasteiger partial charge in [0, 0.05) is 10.9 Å². The Morgan fingerprint density at radius 1 is 1.18 bits per heavy atom. The maximum atomic E-state index is 13.5. The second-order valence-corrected chi connectivity index (χ2v) is 8.77. The summed E-state index contributed by atoms with van der Waals surface area (Å²) in [5.74, 6) is 0.170. The van der Waals surface area contributed by atoms with Gasteiger partial charge in [0.25, 0.3) is 5.56 Å². The molecule has 0 amide bonds. The minimum absolute atomic E-state index is 0.250. The van der Waals surface area contributed by atoms with Crippen molar-refractivity contribution in [2.24, 2.45) is 5.10 Å². The van der Waals surface area contributed by atoms with Crippen molar-refractivity contribution in [3.05, 3.63) is 101 Å². The van der Waals surface area contributed by atoms with Crippen LogP contribution in [0.15, 0.2) is 93.7 Å². The molecular weight excluding hydrogens is 498 g/mol. The van der Waals surface area contributed by atoms with Crippen LogP contribution < -0.4 is 15.0 Å². The molecule has 1 N–H and O–H groups in total. The molecule has 0 bridgehead atoms. The van der Waals surface area contributed by atoms with Crippen LogP contribution in [-0.4, -0.2) is 40.2 Å². The normalized spacial score (nSPS) is 12.2. The second kappa shape index (κ2) is 10.7. The van der Waals surface area contributed by atoms with Crippen molar-refractivity contribution >= 4 is 34.1 Å². The predicted octanol–water partition coefficient (Wildman–Crippen LogP) is 5.28. The molecule has 0 aliphatic heterocycles. The van der Waals surface area contributed by atoms with Gasteiger partial charge in [0.1, 0.15) is 5.58 Å². The van der Waals surface area contributed by atoms with Crippen LogP contribution in [0.1, 0.15) is 18.1 Å². The number of allylic oxidation sites excluding steroid dienone is 1. The number of nitrogens with zero attached hydrogens (tertiary/aromatic N) is 3. The van der Waals surface area contributed by atoms with Crippen LogP contribution in [0.4, 0.5) is 0 Å². The van der Waals surface area contributed by atoms with E-state index in [1.54, 1.807) is 36.4 Å². The van der Waals surface area contributed by atoms with Crippen LogP contribution in [0.2, 0.25) is 0 Å². The molecule has 0 radical (unpaired) electrons. The van der Waals surface area contributed by atoms with Crippen molar-refractivity contribution in [2.75, 3.05) is 7.11 Å². The van der Waals surface area contributed by atoms with Gasteiger partial charge in [0.05, 0.1) is 24.2 Å². The van der Waals surface area contributed by atoms with Crippen LogP contribution in [-0.2, 0) is 11.2 Å². The molecule has 0 aliphatic rings. The number of carbonyl (C=O) groups is 1. The molecule has 196 valence electrons. The monoisotopic (exact) mass is 523 g/mol. The molecule has 0 saturated heterocycles. The number of carboxylic acid groups (broad SMARTS) is 1. The quantitative estimate of drug-likeness (QED) is 0.206. The first-order valence-electron chi connectivity index (χ1n) is 12.2. The molecule has 0 aliphatic carbocycles. The zero-order valence-corrected chi connectivity index (χ0v) is 21.3. The summed E-state index contributed by atoms with van der Waals surface area (Å²) in [6.07, 6.45) is 2.48. The highest BCUT2D eigenvalue weighted by atomic mass is 16.5. The molecule has 0 spiro atoms. The van der Waals surface area contributed by atoms with Gasteiger partial charge in [-0.3, -0.25) is 4.79 Å². The van der Waals surface area contributed by atoms with Gasteiger partial charge in [-0.25, -0.2) is 9.78 Å². The molecule has 5 aromatic rings. The lowest BCUT2D eigenvalue weighted by Crippen LogP contribution is -2.23. The number of para-hydroxylation sites is 2. The summed E-state index contributed by atoms with van der Waals surface area (Å²) in [6.45, 7) is 5.22. The lowest BCUT2D eigenvalue weighted by molar-refractivity contribution is -0.144. The summed E-state index contributed by atoms with van der Waals surface area (Å²) in [7, 11) is 1.46. The first-order chi connectivity index (χ1) is 18.9. The number of fused-ring (bicyclic) bond motifs is 2. The van der Waals surface area contributed by atoms with E-state index in [-0.39, 0.29) is 11.4 Å². The van der Waals surface area contributed by atoms with Gasteiger partial charge in [0.2, 0.25) is 5.82 Å². The van der Waals surface area contributed by atoms with Gasteiger partial charge in [-0.1, -0.05) is 36.4 Å². The van der Waals surface area contributed by atoms with Gasteiger partial charge in [-0.05, 0) is 55.3 Å². The lowest BCUT2D eigenvalue weighted by Gasteiger charge is -2.18. The van der Waals surface area contributed by atoms with E-state index in [1.807, 2.05) is 36.4 Å². The zero-order chi connectivity index (χ0) is 27.5. The Balaban J connectivity index is 1.65. The summed E-state index contributed by atoms with van der Waals surface area (Å²) in [6, 6.07) is 19.8. The first-order valence-corrected chi connectivity index (χ1v) is 12.2. The van der Waals surface area contributed by atoms with E-state index in [1.165, 1.54) is 24.9 Å².